The van der Waals surface area contributed by atoms with Crippen LogP contribution >= 0.6 is 11.6 Å². The summed E-state index contributed by atoms with van der Waals surface area (Å²) in [6.07, 6.45) is 0. The topological polar surface area (TPSA) is 41.1 Å². The lowest BCUT2D eigenvalue weighted by molar-refractivity contribution is -0.115. The normalized spacial score (nSPS) is 12.0. The number of halogens is 1. The predicted octanol–water partition coefficient (Wildman–Crippen LogP) is 4.25. The predicted molar refractivity (Wildman–Crippen MR) is 92.4 cm³/mol. The van der Waals surface area contributed by atoms with Crippen molar-refractivity contribution in [2.24, 2.45) is 0 Å². The maximum atomic E-state index is 12.0. The van der Waals surface area contributed by atoms with Crippen LogP contribution in [-0.4, -0.2) is 12.5 Å². The molecule has 22 heavy (non-hydrogen) atoms. The third-order valence-corrected chi connectivity index (χ3v) is 3.94. The van der Waals surface area contributed by atoms with Crippen molar-refractivity contribution in [3.63, 3.8) is 0 Å². The molecule has 116 valence electrons. The molecule has 0 heterocycles. The van der Waals surface area contributed by atoms with Crippen molar-refractivity contribution in [1.29, 1.82) is 0 Å². The maximum absolute atomic E-state index is 12.0. The molecule has 2 aromatic carbocycles. The van der Waals surface area contributed by atoms with Gasteiger partial charge >= 0.3 is 0 Å². The van der Waals surface area contributed by atoms with Crippen molar-refractivity contribution >= 4 is 23.2 Å². The second-order valence-corrected chi connectivity index (χ2v) is 5.94. The summed E-state index contributed by atoms with van der Waals surface area (Å²) in [6.45, 7) is 6.34. The molecule has 2 rings (SSSR count). The van der Waals surface area contributed by atoms with E-state index in [0.29, 0.717) is 5.02 Å². The summed E-state index contributed by atoms with van der Waals surface area (Å²) < 4.78 is 0. The molecule has 0 radical (unpaired) electrons. The Balaban J connectivity index is 1.88. The fourth-order valence-electron chi connectivity index (χ4n) is 2.16. The summed E-state index contributed by atoms with van der Waals surface area (Å²) >= 11 is 5.98. The molecule has 2 N–H and O–H groups in total. The summed E-state index contributed by atoms with van der Waals surface area (Å²) in [4.78, 5) is 12.0. The molecule has 4 heteroatoms. The van der Waals surface area contributed by atoms with E-state index < -0.39 is 0 Å². The zero-order chi connectivity index (χ0) is 16.1. The molecular formula is C18H21ClN2O. The first-order chi connectivity index (χ1) is 10.5. The average Bonchev–Trinajstić information content (AvgIpc) is 2.48. The molecule has 1 atom stereocenters. The van der Waals surface area contributed by atoms with Crippen LogP contribution in [0.1, 0.15) is 29.7 Å². The zero-order valence-corrected chi connectivity index (χ0v) is 13.9. The highest BCUT2D eigenvalue weighted by Crippen LogP contribution is 2.17. The summed E-state index contributed by atoms with van der Waals surface area (Å²) in [6, 6.07) is 13.6. The molecule has 0 spiro atoms. The number of benzene rings is 2. The summed E-state index contributed by atoms with van der Waals surface area (Å²) in [5, 5.41) is 6.80. The van der Waals surface area contributed by atoms with Crippen molar-refractivity contribution in [2.45, 2.75) is 26.8 Å². The van der Waals surface area contributed by atoms with Crippen LogP contribution in [-0.2, 0) is 4.79 Å². The van der Waals surface area contributed by atoms with Gasteiger partial charge in [-0.3, -0.25) is 4.79 Å². The van der Waals surface area contributed by atoms with Gasteiger partial charge in [0.2, 0.25) is 5.91 Å². The Morgan fingerprint density at radius 2 is 1.91 bits per heavy atom. The van der Waals surface area contributed by atoms with E-state index >= 15 is 0 Å². The number of aryl methyl sites for hydroxylation is 2. The van der Waals surface area contributed by atoms with Crippen LogP contribution in [0.5, 0.6) is 0 Å². The number of rotatable bonds is 5. The van der Waals surface area contributed by atoms with E-state index in [1.54, 1.807) is 0 Å². The Labute approximate surface area is 136 Å². The van der Waals surface area contributed by atoms with Crippen LogP contribution in [0.2, 0.25) is 5.02 Å². The van der Waals surface area contributed by atoms with Gasteiger partial charge in [-0.25, -0.2) is 0 Å². The lowest BCUT2D eigenvalue weighted by Gasteiger charge is -2.14. The molecule has 0 aliphatic heterocycles. The molecule has 3 nitrogen and oxygen atoms in total. The van der Waals surface area contributed by atoms with Gasteiger partial charge in [0.25, 0.3) is 0 Å². The molecule has 2 aromatic rings. The van der Waals surface area contributed by atoms with Gasteiger partial charge < -0.3 is 10.6 Å². The van der Waals surface area contributed by atoms with E-state index in [1.165, 1.54) is 5.56 Å². The molecule has 0 unspecified atom stereocenters. The minimum atomic E-state index is -0.0582. The standard InChI is InChI=1S/C18H21ClN2O/c1-12-7-8-17(9-13(12)2)21-18(22)11-20-14(3)15-5-4-6-16(19)10-15/h4-10,14,20H,11H2,1-3H3,(H,21,22)/t14-/m1/s1. The lowest BCUT2D eigenvalue weighted by atomic mass is 10.1. The van der Waals surface area contributed by atoms with Crippen LogP contribution in [0.25, 0.3) is 0 Å². The third kappa shape index (κ3) is 4.58. The van der Waals surface area contributed by atoms with Crippen molar-refractivity contribution in [2.75, 3.05) is 11.9 Å². The summed E-state index contributed by atoms with van der Waals surface area (Å²) in [7, 11) is 0. The second-order valence-electron chi connectivity index (χ2n) is 5.50. The Morgan fingerprint density at radius 3 is 2.59 bits per heavy atom. The van der Waals surface area contributed by atoms with E-state index in [-0.39, 0.29) is 18.5 Å². The van der Waals surface area contributed by atoms with E-state index in [0.717, 1.165) is 16.8 Å². The quantitative estimate of drug-likeness (QED) is 0.866. The third-order valence-electron chi connectivity index (χ3n) is 3.71. The zero-order valence-electron chi connectivity index (χ0n) is 13.1. The van der Waals surface area contributed by atoms with E-state index in [9.17, 15) is 4.79 Å². The van der Waals surface area contributed by atoms with E-state index in [4.69, 9.17) is 11.6 Å². The maximum Gasteiger partial charge on any atom is 0.238 e. The fraction of sp³-hybridized carbons (Fsp3) is 0.278. The minimum absolute atomic E-state index is 0.0582. The smallest absolute Gasteiger partial charge is 0.238 e. The van der Waals surface area contributed by atoms with Crippen LogP contribution in [0.3, 0.4) is 0 Å². The van der Waals surface area contributed by atoms with Gasteiger partial charge in [0.15, 0.2) is 0 Å². The average molecular weight is 317 g/mol. The Hall–Kier alpha value is -1.84. The molecule has 0 aromatic heterocycles. The molecule has 0 aliphatic rings. The molecular weight excluding hydrogens is 296 g/mol. The van der Waals surface area contributed by atoms with Gasteiger partial charge in [0, 0.05) is 16.8 Å². The first-order valence-electron chi connectivity index (χ1n) is 7.31. The van der Waals surface area contributed by atoms with Gasteiger partial charge in [-0.05, 0) is 61.7 Å². The number of nitrogens with one attached hydrogen (secondary N) is 2. The first-order valence-corrected chi connectivity index (χ1v) is 7.69. The first kappa shape index (κ1) is 16.5. The van der Waals surface area contributed by atoms with E-state index in [1.807, 2.05) is 56.3 Å². The Morgan fingerprint density at radius 1 is 1.14 bits per heavy atom. The highest BCUT2D eigenvalue weighted by molar-refractivity contribution is 6.30. The number of hydrogen-bond donors (Lipinski definition) is 2. The van der Waals surface area contributed by atoms with Gasteiger partial charge in [-0.15, -0.1) is 0 Å². The molecule has 0 saturated carbocycles. The van der Waals surface area contributed by atoms with Crippen molar-refractivity contribution in [1.82, 2.24) is 5.32 Å². The number of amides is 1. The lowest BCUT2D eigenvalue weighted by Crippen LogP contribution is -2.30. The van der Waals surface area contributed by atoms with Crippen molar-refractivity contribution in [3.05, 3.63) is 64.2 Å². The fourth-order valence-corrected chi connectivity index (χ4v) is 2.36. The van der Waals surface area contributed by atoms with Gasteiger partial charge in [-0.1, -0.05) is 29.8 Å². The van der Waals surface area contributed by atoms with Crippen LogP contribution in [0, 0.1) is 13.8 Å². The highest BCUT2D eigenvalue weighted by atomic mass is 35.5. The molecule has 0 saturated heterocycles. The number of hydrogen-bond acceptors (Lipinski definition) is 2. The molecule has 1 amide bonds. The van der Waals surface area contributed by atoms with Gasteiger partial charge in [0.05, 0.1) is 6.54 Å². The van der Waals surface area contributed by atoms with Crippen molar-refractivity contribution in [3.8, 4) is 0 Å². The molecule has 0 fully saturated rings. The summed E-state index contributed by atoms with van der Waals surface area (Å²) in [5.41, 5.74) is 4.26. The second kappa shape index (κ2) is 7.43. The Kier molecular flexibility index (Phi) is 5.58. The Bertz CT molecular complexity index is 670. The summed E-state index contributed by atoms with van der Waals surface area (Å²) in [5.74, 6) is -0.0582. The highest BCUT2D eigenvalue weighted by Gasteiger charge is 2.08. The number of anilines is 1. The van der Waals surface area contributed by atoms with Gasteiger partial charge in [-0.2, -0.15) is 0 Å². The minimum Gasteiger partial charge on any atom is -0.325 e. The van der Waals surface area contributed by atoms with Crippen LogP contribution in [0.4, 0.5) is 5.69 Å². The monoisotopic (exact) mass is 316 g/mol. The number of carbonyl (C=O) groups is 1. The van der Waals surface area contributed by atoms with E-state index in [2.05, 4.69) is 17.6 Å². The van der Waals surface area contributed by atoms with Crippen LogP contribution < -0.4 is 10.6 Å². The van der Waals surface area contributed by atoms with Crippen molar-refractivity contribution < 1.29 is 4.79 Å². The van der Waals surface area contributed by atoms with Crippen LogP contribution in [0.15, 0.2) is 42.5 Å². The SMILES string of the molecule is Cc1ccc(NC(=O)CN[C@H](C)c2cccc(Cl)c2)cc1C. The molecule has 0 aliphatic carbocycles. The van der Waals surface area contributed by atoms with Gasteiger partial charge in [0.1, 0.15) is 0 Å². The number of carbonyl (C=O) groups excluding carboxylic acids is 1. The largest absolute Gasteiger partial charge is 0.325 e. The molecule has 0 bridgehead atoms.